The van der Waals surface area contributed by atoms with E-state index in [4.69, 9.17) is 5.73 Å². The average molecular weight is 325 g/mol. The van der Waals surface area contributed by atoms with Crippen molar-refractivity contribution in [2.75, 3.05) is 0 Å². The van der Waals surface area contributed by atoms with Crippen LogP contribution in [0.15, 0.2) is 30.3 Å². The Hall–Kier alpha value is -1.27. The lowest BCUT2D eigenvalue weighted by molar-refractivity contribution is -0.161. The van der Waals surface area contributed by atoms with Crippen molar-refractivity contribution in [1.82, 2.24) is 5.32 Å². The van der Waals surface area contributed by atoms with Gasteiger partial charge in [-0.25, -0.2) is 0 Å². The van der Waals surface area contributed by atoms with Gasteiger partial charge in [-0.3, -0.25) is 4.79 Å². The van der Waals surface area contributed by atoms with E-state index in [1.807, 2.05) is 12.2 Å². The highest BCUT2D eigenvalue weighted by molar-refractivity contribution is 5.85. The van der Waals surface area contributed by atoms with E-state index in [1.54, 1.807) is 30.3 Å². The summed E-state index contributed by atoms with van der Waals surface area (Å²) in [6.07, 6.45) is -3.79. The quantitative estimate of drug-likeness (QED) is 0.845. The molecule has 0 saturated carbocycles. The number of hydrogen-bond donors (Lipinski definition) is 2. The van der Waals surface area contributed by atoms with Crippen LogP contribution in [0.25, 0.3) is 0 Å². The van der Waals surface area contributed by atoms with E-state index in [0.717, 1.165) is 0 Å². The number of amides is 1. The van der Waals surface area contributed by atoms with Crippen molar-refractivity contribution in [2.24, 2.45) is 5.73 Å². The summed E-state index contributed by atoms with van der Waals surface area (Å²) in [5, 5.41) is 2.00. The van der Waals surface area contributed by atoms with Gasteiger partial charge in [0.25, 0.3) is 0 Å². The minimum atomic E-state index is -4.50. The molecule has 0 aromatic heterocycles. The molecule has 1 aromatic rings. The number of halogens is 4. The summed E-state index contributed by atoms with van der Waals surface area (Å²) in [6.45, 7) is 1.82. The first kappa shape index (κ1) is 19.7. The van der Waals surface area contributed by atoms with Crippen LogP contribution in [0.1, 0.15) is 25.3 Å². The third-order valence-electron chi connectivity index (χ3n) is 2.93. The summed E-state index contributed by atoms with van der Waals surface area (Å²) >= 11 is 0. The van der Waals surface area contributed by atoms with Gasteiger partial charge in [0.15, 0.2) is 0 Å². The number of carbonyl (C=O) groups excluding carboxylic acids is 1. The lowest BCUT2D eigenvalue weighted by Gasteiger charge is -2.23. The molecule has 0 aliphatic rings. The van der Waals surface area contributed by atoms with Gasteiger partial charge in [-0.15, -0.1) is 12.4 Å². The lowest BCUT2D eigenvalue weighted by Crippen LogP contribution is -2.52. The molecule has 2 atom stereocenters. The van der Waals surface area contributed by atoms with E-state index >= 15 is 0 Å². The van der Waals surface area contributed by atoms with Crippen molar-refractivity contribution >= 4 is 18.3 Å². The van der Waals surface area contributed by atoms with Gasteiger partial charge in [0.1, 0.15) is 6.04 Å². The molecule has 0 bridgehead atoms. The minimum absolute atomic E-state index is 0. The Bertz CT molecular complexity index is 426. The number of rotatable bonds is 6. The van der Waals surface area contributed by atoms with Gasteiger partial charge < -0.3 is 11.1 Å². The third-order valence-corrected chi connectivity index (χ3v) is 2.93. The standard InChI is InChI=1S/C14H19F3N2O.ClH/c1-2-6-11(18)13(20)19-12(14(15,16)17)9-10-7-4-3-5-8-10;/h3-5,7-8,11-12H,2,6,9,18H2,1H3,(H,19,20);1H. The summed E-state index contributed by atoms with van der Waals surface area (Å²) < 4.78 is 38.9. The number of nitrogens with two attached hydrogens (primary N) is 1. The SMILES string of the molecule is CCCC(N)C(=O)NC(Cc1ccccc1)C(F)(F)F.Cl. The molecule has 21 heavy (non-hydrogen) atoms. The number of carbonyl (C=O) groups is 1. The Morgan fingerprint density at radius 3 is 2.33 bits per heavy atom. The molecule has 120 valence electrons. The molecule has 1 aromatic carbocycles. The predicted octanol–water partition coefficient (Wildman–Crippen LogP) is 2.83. The van der Waals surface area contributed by atoms with Gasteiger partial charge in [-0.2, -0.15) is 13.2 Å². The van der Waals surface area contributed by atoms with Crippen LogP contribution in [0.4, 0.5) is 13.2 Å². The summed E-state index contributed by atoms with van der Waals surface area (Å²) in [4.78, 5) is 11.6. The minimum Gasteiger partial charge on any atom is -0.343 e. The van der Waals surface area contributed by atoms with Crippen LogP contribution in [0.3, 0.4) is 0 Å². The van der Waals surface area contributed by atoms with E-state index in [2.05, 4.69) is 0 Å². The van der Waals surface area contributed by atoms with E-state index in [1.165, 1.54) is 0 Å². The van der Waals surface area contributed by atoms with E-state index in [0.29, 0.717) is 18.4 Å². The molecule has 0 aliphatic carbocycles. The van der Waals surface area contributed by atoms with Gasteiger partial charge in [0, 0.05) is 6.42 Å². The maximum Gasteiger partial charge on any atom is 0.408 e. The van der Waals surface area contributed by atoms with Crippen LogP contribution in [0.2, 0.25) is 0 Å². The Balaban J connectivity index is 0.00000400. The summed E-state index contributed by atoms with van der Waals surface area (Å²) in [5.74, 6) is -0.759. The topological polar surface area (TPSA) is 55.1 Å². The van der Waals surface area contributed by atoms with Crippen LogP contribution in [-0.4, -0.2) is 24.2 Å². The van der Waals surface area contributed by atoms with Crippen LogP contribution in [0, 0.1) is 0 Å². The lowest BCUT2D eigenvalue weighted by atomic mass is 10.0. The van der Waals surface area contributed by atoms with E-state index < -0.39 is 24.2 Å². The summed E-state index contributed by atoms with van der Waals surface area (Å²) in [6, 6.07) is 5.41. The average Bonchev–Trinajstić information content (AvgIpc) is 2.38. The maximum atomic E-state index is 13.0. The zero-order valence-corrected chi connectivity index (χ0v) is 12.5. The van der Waals surface area contributed by atoms with Crippen molar-refractivity contribution in [2.45, 2.75) is 44.4 Å². The van der Waals surface area contributed by atoms with Gasteiger partial charge >= 0.3 is 6.18 Å². The fourth-order valence-electron chi connectivity index (χ4n) is 1.82. The van der Waals surface area contributed by atoms with E-state index in [-0.39, 0.29) is 18.8 Å². The van der Waals surface area contributed by atoms with Crippen LogP contribution >= 0.6 is 12.4 Å². The number of nitrogens with one attached hydrogen (secondary N) is 1. The first-order valence-electron chi connectivity index (χ1n) is 6.51. The fourth-order valence-corrected chi connectivity index (χ4v) is 1.82. The second-order valence-corrected chi connectivity index (χ2v) is 4.69. The predicted molar refractivity (Wildman–Crippen MR) is 78.3 cm³/mol. The normalized spacial score (nSPS) is 14.0. The zero-order chi connectivity index (χ0) is 15.2. The summed E-state index contributed by atoms with van der Waals surface area (Å²) in [5.41, 5.74) is 6.05. The highest BCUT2D eigenvalue weighted by Gasteiger charge is 2.41. The molecule has 3 nitrogen and oxygen atoms in total. The van der Waals surface area contributed by atoms with Crippen molar-refractivity contribution in [3.8, 4) is 0 Å². The zero-order valence-electron chi connectivity index (χ0n) is 11.7. The Morgan fingerprint density at radius 2 is 1.86 bits per heavy atom. The van der Waals surface area contributed by atoms with E-state index in [9.17, 15) is 18.0 Å². The van der Waals surface area contributed by atoms with Gasteiger partial charge in [-0.05, 0) is 12.0 Å². The van der Waals surface area contributed by atoms with Crippen molar-refractivity contribution in [1.29, 1.82) is 0 Å². The van der Waals surface area contributed by atoms with Crippen molar-refractivity contribution < 1.29 is 18.0 Å². The first-order chi connectivity index (χ1) is 9.34. The summed E-state index contributed by atoms with van der Waals surface area (Å²) in [7, 11) is 0. The second kappa shape index (κ2) is 8.89. The highest BCUT2D eigenvalue weighted by Crippen LogP contribution is 2.23. The monoisotopic (exact) mass is 324 g/mol. The fraction of sp³-hybridized carbons (Fsp3) is 0.500. The van der Waals surface area contributed by atoms with Crippen molar-refractivity contribution in [3.63, 3.8) is 0 Å². The maximum absolute atomic E-state index is 13.0. The van der Waals surface area contributed by atoms with Crippen LogP contribution < -0.4 is 11.1 Å². The van der Waals surface area contributed by atoms with Crippen LogP contribution in [-0.2, 0) is 11.2 Å². The molecule has 3 N–H and O–H groups in total. The Kier molecular flexibility index (Phi) is 8.36. The van der Waals surface area contributed by atoms with Crippen molar-refractivity contribution in [3.05, 3.63) is 35.9 Å². The molecule has 2 unspecified atom stereocenters. The Labute approximate surface area is 128 Å². The molecule has 7 heteroatoms. The highest BCUT2D eigenvalue weighted by atomic mass is 35.5. The molecule has 0 aliphatic heterocycles. The molecule has 0 radical (unpaired) electrons. The smallest absolute Gasteiger partial charge is 0.343 e. The second-order valence-electron chi connectivity index (χ2n) is 4.69. The molecule has 0 saturated heterocycles. The molecule has 0 spiro atoms. The van der Waals surface area contributed by atoms with Gasteiger partial charge in [0.05, 0.1) is 6.04 Å². The molecular weight excluding hydrogens is 305 g/mol. The first-order valence-corrected chi connectivity index (χ1v) is 6.51. The molecule has 0 heterocycles. The third kappa shape index (κ3) is 6.82. The Morgan fingerprint density at radius 1 is 1.29 bits per heavy atom. The molecule has 1 amide bonds. The molecular formula is C14H20ClF3N2O. The van der Waals surface area contributed by atoms with Crippen LogP contribution in [0.5, 0.6) is 0 Å². The van der Waals surface area contributed by atoms with Gasteiger partial charge in [-0.1, -0.05) is 43.7 Å². The van der Waals surface area contributed by atoms with Gasteiger partial charge in [0.2, 0.25) is 5.91 Å². The largest absolute Gasteiger partial charge is 0.408 e. The number of alkyl halides is 3. The number of hydrogen-bond acceptors (Lipinski definition) is 2. The number of benzene rings is 1. The molecule has 1 rings (SSSR count). The molecule has 0 fully saturated rings.